The van der Waals surface area contributed by atoms with Gasteiger partial charge in [-0.25, -0.2) is 0 Å². The van der Waals surface area contributed by atoms with E-state index in [4.69, 9.17) is 18.9 Å². The van der Waals surface area contributed by atoms with Crippen molar-refractivity contribution in [1.29, 1.82) is 0 Å². The summed E-state index contributed by atoms with van der Waals surface area (Å²) >= 11 is 0. The predicted octanol–water partition coefficient (Wildman–Crippen LogP) is 0.0686. The second kappa shape index (κ2) is 14.8. The summed E-state index contributed by atoms with van der Waals surface area (Å²) in [7, 11) is 0. The molecule has 0 radical (unpaired) electrons. The van der Waals surface area contributed by atoms with E-state index in [1.54, 1.807) is 20.8 Å². The van der Waals surface area contributed by atoms with Crippen LogP contribution in [0.1, 0.15) is 113 Å². The summed E-state index contributed by atoms with van der Waals surface area (Å²) in [6.45, 7) is 12.6. The summed E-state index contributed by atoms with van der Waals surface area (Å²) < 4.78 is 24.3. The second-order valence-electron chi connectivity index (χ2n) is 21.3. The first-order valence-corrected chi connectivity index (χ1v) is 21.4. The molecule has 0 amide bonds. The van der Waals surface area contributed by atoms with Gasteiger partial charge < -0.3 is 75.1 Å². The molecule has 57 heavy (non-hydrogen) atoms. The highest BCUT2D eigenvalue weighted by Gasteiger charge is 2.83. The first-order valence-electron chi connectivity index (χ1n) is 21.4. The van der Waals surface area contributed by atoms with Gasteiger partial charge in [0.1, 0.15) is 48.8 Å². The molecule has 0 aromatic heterocycles. The molecule has 15 heteroatoms. The molecule has 7 aliphatic rings. The molecule has 2 saturated heterocycles. The first-order chi connectivity index (χ1) is 26.4. The fourth-order valence-corrected chi connectivity index (χ4v) is 14.5. The molecule has 2 heterocycles. The molecule has 2 spiro atoms. The predicted molar refractivity (Wildman–Crippen MR) is 202 cm³/mol. The molecule has 0 aromatic rings. The van der Waals surface area contributed by atoms with E-state index < -0.39 is 110 Å². The van der Waals surface area contributed by atoms with Crippen LogP contribution in [0.25, 0.3) is 0 Å². The molecule has 0 bridgehead atoms. The van der Waals surface area contributed by atoms with Crippen LogP contribution in [0.4, 0.5) is 0 Å². The van der Waals surface area contributed by atoms with Crippen molar-refractivity contribution in [3.8, 4) is 0 Å². The largest absolute Gasteiger partial charge is 0.394 e. The molecule has 0 unspecified atom stereocenters. The van der Waals surface area contributed by atoms with Gasteiger partial charge in [0.25, 0.3) is 0 Å². The van der Waals surface area contributed by atoms with Crippen LogP contribution in [-0.2, 0) is 18.9 Å². The van der Waals surface area contributed by atoms with Crippen molar-refractivity contribution in [3.05, 3.63) is 0 Å². The number of ether oxygens (including phenoxy) is 4. The maximum Gasteiger partial charge on any atom is 0.187 e. The molecule has 7 rings (SSSR count). The molecule has 7 fully saturated rings. The minimum atomic E-state index is -1.76. The number of rotatable bonds is 11. The van der Waals surface area contributed by atoms with Gasteiger partial charge in [-0.15, -0.1) is 0 Å². The minimum Gasteiger partial charge on any atom is -0.394 e. The lowest BCUT2D eigenvalue weighted by atomic mass is 9.41. The van der Waals surface area contributed by atoms with Gasteiger partial charge in [0.15, 0.2) is 12.6 Å². The SMILES string of the molecule is CC(C)(O)[C@H](O)CC[C@](C)(O)[C@@H]1[C@H](O)C[C@@]2(C)[C@H]3CC[C@H]4C(C)(C)[C@H](O[C@@H]5O[C@H](CO)[C@@H](O)[C@@H](O)[C@@H]5O[C@H]5O[C@@H](CO)[C@H](O)[C@@H](O)[C@H]5O)CC[C@@]45C[C@@]35CC[C@@]12C. The van der Waals surface area contributed by atoms with Crippen LogP contribution in [0, 0.1) is 44.8 Å². The van der Waals surface area contributed by atoms with Crippen molar-refractivity contribution in [3.63, 3.8) is 0 Å². The molecule has 5 aliphatic carbocycles. The van der Waals surface area contributed by atoms with Gasteiger partial charge in [0.2, 0.25) is 0 Å². The van der Waals surface area contributed by atoms with E-state index in [0.717, 1.165) is 38.5 Å². The highest BCUT2D eigenvalue weighted by atomic mass is 16.8. The Morgan fingerprint density at radius 2 is 1.26 bits per heavy atom. The van der Waals surface area contributed by atoms with E-state index in [2.05, 4.69) is 27.7 Å². The lowest BCUT2D eigenvalue weighted by molar-refractivity contribution is -0.377. The third kappa shape index (κ3) is 6.63. The Labute approximate surface area is 336 Å². The average Bonchev–Trinajstić information content (AvgIpc) is 3.74. The van der Waals surface area contributed by atoms with Crippen molar-refractivity contribution >= 4 is 0 Å². The zero-order chi connectivity index (χ0) is 42.1. The van der Waals surface area contributed by atoms with E-state index >= 15 is 0 Å². The van der Waals surface area contributed by atoms with Gasteiger partial charge in [-0.1, -0.05) is 27.7 Å². The fraction of sp³-hybridized carbons (Fsp3) is 1.00. The van der Waals surface area contributed by atoms with Gasteiger partial charge in [-0.05, 0) is 124 Å². The van der Waals surface area contributed by atoms with Crippen molar-refractivity contribution in [2.45, 2.75) is 204 Å². The number of fused-ring (bicyclic) bond motifs is 2. The molecular weight excluding hydrogens is 744 g/mol. The van der Waals surface area contributed by atoms with Crippen LogP contribution in [0.2, 0.25) is 0 Å². The topological polar surface area (TPSA) is 259 Å². The molecular formula is C42H72O15. The van der Waals surface area contributed by atoms with Crippen molar-refractivity contribution in [2.24, 2.45) is 44.8 Å². The molecule has 11 N–H and O–H groups in total. The Morgan fingerprint density at radius 1 is 0.684 bits per heavy atom. The Bertz CT molecular complexity index is 1450. The van der Waals surface area contributed by atoms with E-state index in [9.17, 15) is 56.2 Å². The Balaban J connectivity index is 1.09. The minimum absolute atomic E-state index is 0.0506. The van der Waals surface area contributed by atoms with Gasteiger partial charge in [0.05, 0.1) is 42.7 Å². The summed E-state index contributed by atoms with van der Waals surface area (Å²) in [5.41, 5.74) is -3.40. The highest BCUT2D eigenvalue weighted by molar-refractivity contribution is 5.31. The Kier molecular flexibility index (Phi) is 11.5. The van der Waals surface area contributed by atoms with Gasteiger partial charge in [-0.3, -0.25) is 0 Å². The molecule has 2 aliphatic heterocycles. The van der Waals surface area contributed by atoms with Crippen LogP contribution in [0.5, 0.6) is 0 Å². The third-order valence-electron chi connectivity index (χ3n) is 17.7. The summed E-state index contributed by atoms with van der Waals surface area (Å²) in [6, 6.07) is 0. The monoisotopic (exact) mass is 816 g/mol. The summed E-state index contributed by atoms with van der Waals surface area (Å²) in [5.74, 6) is 0.212. The maximum absolute atomic E-state index is 12.1. The van der Waals surface area contributed by atoms with E-state index in [1.165, 1.54) is 0 Å². The van der Waals surface area contributed by atoms with Gasteiger partial charge >= 0.3 is 0 Å². The van der Waals surface area contributed by atoms with Gasteiger partial charge in [0, 0.05) is 5.92 Å². The average molecular weight is 817 g/mol. The van der Waals surface area contributed by atoms with E-state index in [0.29, 0.717) is 18.8 Å². The van der Waals surface area contributed by atoms with Crippen molar-refractivity contribution in [1.82, 2.24) is 0 Å². The zero-order valence-corrected chi connectivity index (χ0v) is 34.8. The second-order valence-corrected chi connectivity index (χ2v) is 21.3. The summed E-state index contributed by atoms with van der Waals surface area (Å²) in [4.78, 5) is 0. The van der Waals surface area contributed by atoms with E-state index in [-0.39, 0.29) is 46.3 Å². The lowest BCUT2D eigenvalue weighted by Gasteiger charge is -2.64. The Morgan fingerprint density at radius 3 is 1.88 bits per heavy atom. The van der Waals surface area contributed by atoms with Gasteiger partial charge in [-0.2, -0.15) is 0 Å². The number of aliphatic hydroxyl groups is 11. The fourth-order valence-electron chi connectivity index (χ4n) is 14.5. The third-order valence-corrected chi connectivity index (χ3v) is 17.7. The molecule has 0 aromatic carbocycles. The standard InChI is InChI=1S/C42H72O15/c1-36(2)23-8-9-24-39(6)16-20(45)33(40(7,53)12-10-25(46)37(3,4)52)38(39,5)14-15-42(24)19-41(23,42)13-11-26(36)56-35-32(30(50)28(48)22(18-44)55-35)57-34-31(51)29(49)27(47)21(17-43)54-34/h20-35,43-53H,8-19H2,1-7H3/t20-,21+,22-,23+,24-,25-,26-,27+,28-,29-,30-,31-,32+,33-,34-,35+,38+,39+,40+,41-,42+/m1/s1. The maximum atomic E-state index is 12.1. The molecule has 15 nitrogen and oxygen atoms in total. The van der Waals surface area contributed by atoms with Crippen LogP contribution >= 0.6 is 0 Å². The first kappa shape index (κ1) is 44.5. The smallest absolute Gasteiger partial charge is 0.187 e. The summed E-state index contributed by atoms with van der Waals surface area (Å²) in [6.07, 6.45) is -9.87. The van der Waals surface area contributed by atoms with Crippen molar-refractivity contribution in [2.75, 3.05) is 13.2 Å². The van der Waals surface area contributed by atoms with Crippen molar-refractivity contribution < 1.29 is 75.1 Å². The number of hydrogen-bond donors (Lipinski definition) is 11. The molecule has 21 atom stereocenters. The molecule has 330 valence electrons. The van der Waals surface area contributed by atoms with Crippen LogP contribution < -0.4 is 0 Å². The normalized spacial score (nSPS) is 53.5. The molecule has 5 saturated carbocycles. The van der Waals surface area contributed by atoms with E-state index in [1.807, 2.05) is 0 Å². The number of hydrogen-bond acceptors (Lipinski definition) is 15. The summed E-state index contributed by atoms with van der Waals surface area (Å²) in [5, 5.41) is 118. The quantitative estimate of drug-likeness (QED) is 0.123. The number of aliphatic hydroxyl groups excluding tert-OH is 9. The Hall–Kier alpha value is -0.600. The zero-order valence-electron chi connectivity index (χ0n) is 34.8. The highest BCUT2D eigenvalue weighted by Crippen LogP contribution is 2.89. The van der Waals surface area contributed by atoms with Crippen LogP contribution in [0.3, 0.4) is 0 Å². The lowest BCUT2D eigenvalue weighted by Crippen LogP contribution is -2.65. The van der Waals surface area contributed by atoms with Crippen LogP contribution in [-0.4, -0.2) is 160 Å². The van der Waals surface area contributed by atoms with Crippen LogP contribution in [0.15, 0.2) is 0 Å².